The van der Waals surface area contributed by atoms with Crippen LogP contribution in [0.4, 0.5) is 11.4 Å². The molecular formula is C17H19BrN2O. The van der Waals surface area contributed by atoms with Gasteiger partial charge in [0.25, 0.3) is 0 Å². The number of halogens is 1. The van der Waals surface area contributed by atoms with Crippen molar-refractivity contribution in [2.24, 2.45) is 0 Å². The average molecular weight is 347 g/mol. The fraction of sp³-hybridized carbons (Fsp3) is 0.235. The molecule has 2 aromatic rings. The summed E-state index contributed by atoms with van der Waals surface area (Å²) >= 11 is 3.51. The zero-order chi connectivity index (χ0) is 15.4. The van der Waals surface area contributed by atoms with Crippen LogP contribution in [0.2, 0.25) is 0 Å². The summed E-state index contributed by atoms with van der Waals surface area (Å²) < 4.78 is 1.10. The molecular weight excluding hydrogens is 328 g/mol. The van der Waals surface area contributed by atoms with Gasteiger partial charge < -0.3 is 10.6 Å². The Labute approximate surface area is 133 Å². The van der Waals surface area contributed by atoms with Crippen LogP contribution in [0, 0.1) is 13.8 Å². The molecule has 0 heterocycles. The van der Waals surface area contributed by atoms with Crippen molar-refractivity contribution in [1.29, 1.82) is 0 Å². The van der Waals surface area contributed by atoms with Gasteiger partial charge >= 0.3 is 0 Å². The van der Waals surface area contributed by atoms with Gasteiger partial charge in [-0.05, 0) is 54.8 Å². The van der Waals surface area contributed by atoms with Crippen LogP contribution in [0.25, 0.3) is 0 Å². The SMILES string of the molecule is CC(=O)Nc1ccc(CNc2c(C)cc(Br)cc2C)cc1. The second-order valence-corrected chi connectivity index (χ2v) is 6.06. The maximum absolute atomic E-state index is 11.0. The number of aryl methyl sites for hydroxylation is 2. The van der Waals surface area contributed by atoms with E-state index in [9.17, 15) is 4.79 Å². The molecule has 0 aliphatic heterocycles. The van der Waals surface area contributed by atoms with E-state index in [0.29, 0.717) is 0 Å². The van der Waals surface area contributed by atoms with Crippen LogP contribution in [0.3, 0.4) is 0 Å². The molecule has 110 valence electrons. The number of anilines is 2. The van der Waals surface area contributed by atoms with Crippen molar-refractivity contribution in [2.75, 3.05) is 10.6 Å². The third-order valence-electron chi connectivity index (χ3n) is 3.24. The number of rotatable bonds is 4. The van der Waals surface area contributed by atoms with E-state index in [1.54, 1.807) is 0 Å². The predicted octanol–water partition coefficient (Wildman–Crippen LogP) is 4.64. The molecule has 2 N–H and O–H groups in total. The standard InChI is InChI=1S/C17H19BrN2O/c1-11-8-15(18)9-12(2)17(11)19-10-14-4-6-16(7-5-14)20-13(3)21/h4-9,19H,10H2,1-3H3,(H,20,21). The highest BCUT2D eigenvalue weighted by atomic mass is 79.9. The summed E-state index contributed by atoms with van der Waals surface area (Å²) in [6.45, 7) is 6.46. The van der Waals surface area contributed by atoms with Gasteiger partial charge in [0.2, 0.25) is 5.91 Å². The van der Waals surface area contributed by atoms with Crippen LogP contribution in [-0.4, -0.2) is 5.91 Å². The van der Waals surface area contributed by atoms with Crippen molar-refractivity contribution in [3.8, 4) is 0 Å². The van der Waals surface area contributed by atoms with Gasteiger partial charge in [0.15, 0.2) is 0 Å². The Morgan fingerprint density at radius 1 is 1.10 bits per heavy atom. The molecule has 0 saturated carbocycles. The Balaban J connectivity index is 2.05. The summed E-state index contributed by atoms with van der Waals surface area (Å²) in [7, 11) is 0. The van der Waals surface area contributed by atoms with Gasteiger partial charge in [0.05, 0.1) is 0 Å². The Morgan fingerprint density at radius 2 is 1.67 bits per heavy atom. The number of hydrogen-bond acceptors (Lipinski definition) is 2. The highest BCUT2D eigenvalue weighted by Crippen LogP contribution is 2.25. The number of amides is 1. The second-order valence-electron chi connectivity index (χ2n) is 5.15. The zero-order valence-corrected chi connectivity index (χ0v) is 14.0. The molecule has 0 bridgehead atoms. The predicted molar refractivity (Wildman–Crippen MR) is 91.7 cm³/mol. The normalized spacial score (nSPS) is 10.3. The van der Waals surface area contributed by atoms with E-state index in [0.717, 1.165) is 16.7 Å². The maximum atomic E-state index is 11.0. The Hall–Kier alpha value is -1.81. The molecule has 21 heavy (non-hydrogen) atoms. The lowest BCUT2D eigenvalue weighted by Gasteiger charge is -2.14. The van der Waals surface area contributed by atoms with E-state index in [1.165, 1.54) is 29.3 Å². The van der Waals surface area contributed by atoms with Crippen molar-refractivity contribution >= 4 is 33.2 Å². The van der Waals surface area contributed by atoms with Crippen molar-refractivity contribution in [3.63, 3.8) is 0 Å². The highest BCUT2D eigenvalue weighted by Gasteiger charge is 2.04. The van der Waals surface area contributed by atoms with Crippen molar-refractivity contribution < 1.29 is 4.79 Å². The van der Waals surface area contributed by atoms with Gasteiger partial charge in [-0.15, -0.1) is 0 Å². The molecule has 0 spiro atoms. The van der Waals surface area contributed by atoms with Crippen LogP contribution in [0.5, 0.6) is 0 Å². The average Bonchev–Trinajstić information content (AvgIpc) is 2.38. The summed E-state index contributed by atoms with van der Waals surface area (Å²) in [5, 5.41) is 6.24. The molecule has 0 atom stereocenters. The summed E-state index contributed by atoms with van der Waals surface area (Å²) in [5.74, 6) is -0.0537. The van der Waals surface area contributed by atoms with Gasteiger partial charge in [-0.1, -0.05) is 28.1 Å². The number of hydrogen-bond donors (Lipinski definition) is 2. The molecule has 3 nitrogen and oxygen atoms in total. The molecule has 4 heteroatoms. The minimum atomic E-state index is -0.0537. The first-order valence-corrected chi connectivity index (χ1v) is 7.62. The lowest BCUT2D eigenvalue weighted by atomic mass is 10.1. The Bertz CT molecular complexity index is 627. The van der Waals surface area contributed by atoms with Crippen LogP contribution >= 0.6 is 15.9 Å². The third kappa shape index (κ3) is 4.33. The number of nitrogens with one attached hydrogen (secondary N) is 2. The molecule has 0 saturated heterocycles. The lowest BCUT2D eigenvalue weighted by Crippen LogP contribution is -2.06. The van der Waals surface area contributed by atoms with Gasteiger partial charge in [-0.3, -0.25) is 4.79 Å². The van der Waals surface area contributed by atoms with Crippen LogP contribution in [-0.2, 0) is 11.3 Å². The van der Waals surface area contributed by atoms with Gasteiger partial charge in [0, 0.05) is 29.3 Å². The van der Waals surface area contributed by atoms with Crippen molar-refractivity contribution in [2.45, 2.75) is 27.3 Å². The van der Waals surface area contributed by atoms with E-state index in [1.807, 2.05) is 24.3 Å². The topological polar surface area (TPSA) is 41.1 Å². The van der Waals surface area contributed by atoms with Crippen molar-refractivity contribution in [3.05, 3.63) is 57.6 Å². The maximum Gasteiger partial charge on any atom is 0.221 e. The summed E-state index contributed by atoms with van der Waals surface area (Å²) in [4.78, 5) is 11.0. The molecule has 0 aliphatic rings. The minimum Gasteiger partial charge on any atom is -0.381 e. The van der Waals surface area contributed by atoms with Crippen molar-refractivity contribution in [1.82, 2.24) is 0 Å². The molecule has 0 aliphatic carbocycles. The van der Waals surface area contributed by atoms with Gasteiger partial charge in [0.1, 0.15) is 0 Å². The van der Waals surface area contributed by atoms with E-state index in [2.05, 4.69) is 52.5 Å². The van der Waals surface area contributed by atoms with Gasteiger partial charge in [-0.2, -0.15) is 0 Å². The fourth-order valence-electron chi connectivity index (χ4n) is 2.29. The smallest absolute Gasteiger partial charge is 0.221 e. The largest absolute Gasteiger partial charge is 0.381 e. The molecule has 1 amide bonds. The summed E-state index contributed by atoms with van der Waals surface area (Å²) in [6, 6.07) is 12.1. The molecule has 2 aromatic carbocycles. The van der Waals surface area contributed by atoms with Gasteiger partial charge in [-0.25, -0.2) is 0 Å². The minimum absolute atomic E-state index is 0.0537. The number of benzene rings is 2. The third-order valence-corrected chi connectivity index (χ3v) is 3.70. The first kappa shape index (κ1) is 15.6. The lowest BCUT2D eigenvalue weighted by molar-refractivity contribution is -0.114. The van der Waals surface area contributed by atoms with E-state index < -0.39 is 0 Å². The molecule has 0 unspecified atom stereocenters. The molecule has 2 rings (SSSR count). The van der Waals surface area contributed by atoms with E-state index >= 15 is 0 Å². The summed E-state index contributed by atoms with van der Waals surface area (Å²) in [5.41, 5.74) is 5.60. The number of carbonyl (C=O) groups excluding carboxylic acids is 1. The highest BCUT2D eigenvalue weighted by molar-refractivity contribution is 9.10. The van der Waals surface area contributed by atoms with E-state index in [4.69, 9.17) is 0 Å². The van der Waals surface area contributed by atoms with Crippen LogP contribution < -0.4 is 10.6 Å². The number of carbonyl (C=O) groups is 1. The van der Waals surface area contributed by atoms with Crippen LogP contribution in [0.1, 0.15) is 23.6 Å². The second kappa shape index (κ2) is 6.76. The first-order chi connectivity index (χ1) is 9.95. The first-order valence-electron chi connectivity index (χ1n) is 6.83. The Kier molecular flexibility index (Phi) is 5.02. The monoisotopic (exact) mass is 346 g/mol. The zero-order valence-electron chi connectivity index (χ0n) is 12.5. The fourth-order valence-corrected chi connectivity index (χ4v) is 2.98. The Morgan fingerprint density at radius 3 is 2.19 bits per heavy atom. The molecule has 0 radical (unpaired) electrons. The van der Waals surface area contributed by atoms with Crippen LogP contribution in [0.15, 0.2) is 40.9 Å². The molecule has 0 aromatic heterocycles. The molecule has 0 fully saturated rings. The quantitative estimate of drug-likeness (QED) is 0.846. The summed E-state index contributed by atoms with van der Waals surface area (Å²) in [6.07, 6.45) is 0. The van der Waals surface area contributed by atoms with E-state index in [-0.39, 0.29) is 5.91 Å².